The molecule has 0 spiro atoms. The highest BCUT2D eigenvalue weighted by Gasteiger charge is 2.04. The highest BCUT2D eigenvalue weighted by molar-refractivity contribution is 7.80. The van der Waals surface area contributed by atoms with Gasteiger partial charge in [0.25, 0.3) is 5.56 Å². The van der Waals surface area contributed by atoms with Crippen LogP contribution in [0.3, 0.4) is 0 Å². The Balaban J connectivity index is 2.12. The fraction of sp³-hybridized carbons (Fsp3) is 0.455. The van der Waals surface area contributed by atoms with Gasteiger partial charge in [0, 0.05) is 6.54 Å². The molecule has 0 atom stereocenters. The van der Waals surface area contributed by atoms with E-state index in [-0.39, 0.29) is 5.56 Å². The third-order valence-electron chi connectivity index (χ3n) is 2.51. The Morgan fingerprint density at radius 1 is 1.38 bits per heavy atom. The quantitative estimate of drug-likeness (QED) is 0.657. The number of thiophene rings is 1. The number of aryl methyl sites for hydroxylation is 1. The van der Waals surface area contributed by atoms with Crippen LogP contribution in [-0.2, 0) is 6.54 Å². The molecule has 0 saturated heterocycles. The van der Waals surface area contributed by atoms with E-state index >= 15 is 0 Å². The topological polar surface area (TPSA) is 34.9 Å². The largest absolute Gasteiger partial charge is 0.299 e. The van der Waals surface area contributed by atoms with Gasteiger partial charge in [-0.15, -0.1) is 11.3 Å². The van der Waals surface area contributed by atoms with Crippen molar-refractivity contribution in [1.29, 1.82) is 0 Å². The molecule has 0 N–H and O–H groups in total. The fourth-order valence-electron chi connectivity index (χ4n) is 1.62. The number of hydrogen-bond donors (Lipinski definition) is 1. The molecule has 0 saturated carbocycles. The van der Waals surface area contributed by atoms with Crippen molar-refractivity contribution in [3.63, 3.8) is 0 Å². The molecule has 2 rings (SSSR count). The van der Waals surface area contributed by atoms with Gasteiger partial charge < -0.3 is 0 Å². The molecular weight excluding hydrogens is 240 g/mol. The number of hydrogen-bond acceptors (Lipinski definition) is 4. The Kier molecular flexibility index (Phi) is 4.01. The van der Waals surface area contributed by atoms with E-state index in [1.165, 1.54) is 11.3 Å². The monoisotopic (exact) mass is 254 g/mol. The summed E-state index contributed by atoms with van der Waals surface area (Å²) in [6.45, 7) is 0.755. The van der Waals surface area contributed by atoms with Crippen LogP contribution in [0.4, 0.5) is 0 Å². The van der Waals surface area contributed by atoms with Gasteiger partial charge in [0.05, 0.1) is 11.7 Å². The molecule has 0 unspecified atom stereocenters. The molecule has 86 valence electrons. The Hall–Kier alpha value is -0.810. The van der Waals surface area contributed by atoms with Crippen LogP contribution >= 0.6 is 24.0 Å². The molecule has 0 radical (unpaired) electrons. The Bertz CT molecular complexity index is 518. The van der Waals surface area contributed by atoms with Crippen molar-refractivity contribution < 1.29 is 0 Å². The highest BCUT2D eigenvalue weighted by atomic mass is 32.1. The van der Waals surface area contributed by atoms with Gasteiger partial charge in [0.1, 0.15) is 4.83 Å². The summed E-state index contributed by atoms with van der Waals surface area (Å²) in [6.07, 6.45) is 4.88. The van der Waals surface area contributed by atoms with Gasteiger partial charge in [0.2, 0.25) is 0 Å². The van der Waals surface area contributed by atoms with Crippen molar-refractivity contribution in [2.24, 2.45) is 0 Å². The summed E-state index contributed by atoms with van der Waals surface area (Å²) in [4.78, 5) is 17.1. The Labute approximate surface area is 104 Å². The molecule has 0 aliphatic carbocycles. The second-order valence-corrected chi connectivity index (χ2v) is 5.01. The predicted octanol–water partition coefficient (Wildman–Crippen LogP) is 2.56. The average molecular weight is 254 g/mol. The number of rotatable bonds is 5. The zero-order valence-corrected chi connectivity index (χ0v) is 10.6. The molecular formula is C11H14N2OS2. The molecule has 3 nitrogen and oxygen atoms in total. The minimum Gasteiger partial charge on any atom is -0.299 e. The SMILES string of the molecule is O=c1c2ccsc2ncn1CCCCCS. The lowest BCUT2D eigenvalue weighted by Crippen LogP contribution is -2.19. The van der Waals surface area contributed by atoms with Gasteiger partial charge in [-0.05, 0) is 30.0 Å². The van der Waals surface area contributed by atoms with Crippen LogP contribution in [0, 0.1) is 0 Å². The maximum atomic E-state index is 12.0. The predicted molar refractivity (Wildman–Crippen MR) is 71.6 cm³/mol. The first-order valence-electron chi connectivity index (χ1n) is 5.36. The first-order valence-corrected chi connectivity index (χ1v) is 6.87. The lowest BCUT2D eigenvalue weighted by molar-refractivity contribution is 0.586. The molecule has 0 aliphatic heterocycles. The van der Waals surface area contributed by atoms with Crippen LogP contribution in [0.2, 0.25) is 0 Å². The number of fused-ring (bicyclic) bond motifs is 1. The lowest BCUT2D eigenvalue weighted by Gasteiger charge is -2.04. The van der Waals surface area contributed by atoms with Crippen molar-refractivity contribution >= 4 is 34.2 Å². The maximum absolute atomic E-state index is 12.0. The van der Waals surface area contributed by atoms with Crippen molar-refractivity contribution in [1.82, 2.24) is 9.55 Å². The standard InChI is InChI=1S/C11H14N2OS2/c14-11-9-4-7-16-10(9)12-8-13(11)5-2-1-3-6-15/h4,7-8,15H,1-3,5-6H2. The summed E-state index contributed by atoms with van der Waals surface area (Å²) in [7, 11) is 0. The highest BCUT2D eigenvalue weighted by Crippen LogP contribution is 2.13. The van der Waals surface area contributed by atoms with Crippen LogP contribution in [0.15, 0.2) is 22.6 Å². The van der Waals surface area contributed by atoms with Gasteiger partial charge in [-0.2, -0.15) is 12.6 Å². The fourth-order valence-corrected chi connectivity index (χ4v) is 2.57. The molecule has 0 amide bonds. The van der Waals surface area contributed by atoms with Gasteiger partial charge in [-0.3, -0.25) is 9.36 Å². The summed E-state index contributed by atoms with van der Waals surface area (Å²) in [5.41, 5.74) is 0.0807. The summed E-state index contributed by atoms with van der Waals surface area (Å²) in [5.74, 6) is 0.913. The van der Waals surface area contributed by atoms with Gasteiger partial charge in [-0.25, -0.2) is 4.98 Å². The molecule has 2 heterocycles. The second-order valence-electron chi connectivity index (χ2n) is 3.67. The van der Waals surface area contributed by atoms with Gasteiger partial charge in [0.15, 0.2) is 0 Å². The smallest absolute Gasteiger partial charge is 0.262 e. The minimum absolute atomic E-state index is 0.0807. The third kappa shape index (κ3) is 2.47. The van der Waals surface area contributed by atoms with Crippen LogP contribution < -0.4 is 5.56 Å². The summed E-state index contributed by atoms with van der Waals surface area (Å²) in [5, 5.41) is 2.64. The summed E-state index contributed by atoms with van der Waals surface area (Å²) in [6, 6.07) is 1.85. The molecule has 2 aromatic rings. The van der Waals surface area contributed by atoms with E-state index in [9.17, 15) is 4.79 Å². The minimum atomic E-state index is 0.0807. The molecule has 0 bridgehead atoms. The Morgan fingerprint density at radius 3 is 3.06 bits per heavy atom. The molecule has 5 heteroatoms. The van der Waals surface area contributed by atoms with E-state index in [1.807, 2.05) is 11.4 Å². The van der Waals surface area contributed by atoms with Crippen LogP contribution in [0.25, 0.3) is 10.2 Å². The van der Waals surface area contributed by atoms with E-state index < -0.39 is 0 Å². The Morgan fingerprint density at radius 2 is 2.25 bits per heavy atom. The van der Waals surface area contributed by atoms with E-state index in [0.29, 0.717) is 0 Å². The normalized spacial score (nSPS) is 11.1. The number of thiol groups is 1. The van der Waals surface area contributed by atoms with Crippen LogP contribution in [-0.4, -0.2) is 15.3 Å². The number of aromatic nitrogens is 2. The first-order chi connectivity index (χ1) is 7.83. The number of unbranched alkanes of at least 4 members (excludes halogenated alkanes) is 2. The van der Waals surface area contributed by atoms with E-state index in [0.717, 1.165) is 41.8 Å². The van der Waals surface area contributed by atoms with E-state index in [2.05, 4.69) is 17.6 Å². The first kappa shape index (κ1) is 11.7. The zero-order chi connectivity index (χ0) is 11.4. The molecule has 2 aromatic heterocycles. The van der Waals surface area contributed by atoms with Crippen molar-refractivity contribution in [2.45, 2.75) is 25.8 Å². The van der Waals surface area contributed by atoms with E-state index in [4.69, 9.17) is 0 Å². The van der Waals surface area contributed by atoms with Crippen molar-refractivity contribution in [3.8, 4) is 0 Å². The molecule has 0 aromatic carbocycles. The average Bonchev–Trinajstić information content (AvgIpc) is 2.76. The van der Waals surface area contributed by atoms with Crippen molar-refractivity contribution in [2.75, 3.05) is 5.75 Å². The number of nitrogens with zero attached hydrogens (tertiary/aromatic N) is 2. The maximum Gasteiger partial charge on any atom is 0.262 e. The summed E-state index contributed by atoms with van der Waals surface area (Å²) < 4.78 is 1.70. The zero-order valence-electron chi connectivity index (χ0n) is 8.93. The van der Waals surface area contributed by atoms with Crippen LogP contribution in [0.5, 0.6) is 0 Å². The summed E-state index contributed by atoms with van der Waals surface area (Å²) >= 11 is 5.67. The molecule has 0 fully saturated rings. The molecule has 16 heavy (non-hydrogen) atoms. The second kappa shape index (κ2) is 5.50. The van der Waals surface area contributed by atoms with E-state index in [1.54, 1.807) is 10.9 Å². The lowest BCUT2D eigenvalue weighted by atomic mass is 10.2. The third-order valence-corrected chi connectivity index (χ3v) is 3.64. The van der Waals surface area contributed by atoms with Crippen LogP contribution in [0.1, 0.15) is 19.3 Å². The van der Waals surface area contributed by atoms with Gasteiger partial charge in [-0.1, -0.05) is 6.42 Å². The molecule has 0 aliphatic rings. The van der Waals surface area contributed by atoms with Crippen molar-refractivity contribution in [3.05, 3.63) is 28.1 Å². The van der Waals surface area contributed by atoms with Gasteiger partial charge >= 0.3 is 0 Å².